The zero-order chi connectivity index (χ0) is 24.2. The fourth-order valence-electron chi connectivity index (χ4n) is 4.11. The molecule has 0 amide bonds. The Bertz CT molecular complexity index is 1450. The molecule has 0 aliphatic rings. The normalized spacial score (nSPS) is 13.0. The van der Waals surface area contributed by atoms with E-state index >= 15 is 0 Å². The number of nitrogens with zero attached hydrogens (tertiary/aromatic N) is 3. The predicted octanol–water partition coefficient (Wildman–Crippen LogP) is 4.44. The molecule has 2 heterocycles. The molecule has 34 heavy (non-hydrogen) atoms. The molecule has 4 rings (SSSR count). The van der Waals surface area contributed by atoms with Gasteiger partial charge in [-0.1, -0.05) is 36.4 Å². The Morgan fingerprint density at radius 3 is 2.38 bits per heavy atom. The molecular formula is C26H21FN4O2S. The highest BCUT2D eigenvalue weighted by Gasteiger charge is 2.37. The van der Waals surface area contributed by atoms with Crippen molar-refractivity contribution in [2.24, 2.45) is 0 Å². The number of pyridine rings is 2. The minimum atomic E-state index is -3.51. The Morgan fingerprint density at radius 2 is 1.71 bits per heavy atom. The van der Waals surface area contributed by atoms with Crippen molar-refractivity contribution in [1.82, 2.24) is 9.97 Å². The Balaban J connectivity index is 1.98. The van der Waals surface area contributed by atoms with Gasteiger partial charge < -0.3 is 0 Å². The summed E-state index contributed by atoms with van der Waals surface area (Å²) in [5, 5.41) is 9.55. The summed E-state index contributed by atoms with van der Waals surface area (Å²) in [6, 6.07) is 24.5. The van der Waals surface area contributed by atoms with E-state index in [2.05, 4.69) is 20.8 Å². The summed E-state index contributed by atoms with van der Waals surface area (Å²) in [6.45, 7) is 0. The van der Waals surface area contributed by atoms with Crippen LogP contribution in [-0.2, 0) is 21.9 Å². The third kappa shape index (κ3) is 4.95. The van der Waals surface area contributed by atoms with Crippen LogP contribution in [0.4, 0.5) is 10.2 Å². The number of aromatic nitrogens is 2. The van der Waals surface area contributed by atoms with Crippen LogP contribution in [0.25, 0.3) is 0 Å². The van der Waals surface area contributed by atoms with Crippen LogP contribution < -0.4 is 4.72 Å². The first-order valence-corrected chi connectivity index (χ1v) is 12.3. The Hall–Kier alpha value is -4.09. The van der Waals surface area contributed by atoms with E-state index in [4.69, 9.17) is 0 Å². The molecule has 0 saturated carbocycles. The first-order valence-electron chi connectivity index (χ1n) is 10.4. The highest BCUT2D eigenvalue weighted by atomic mass is 32.2. The summed E-state index contributed by atoms with van der Waals surface area (Å²) in [6.07, 6.45) is 4.77. The summed E-state index contributed by atoms with van der Waals surface area (Å²) in [5.74, 6) is -0.169. The van der Waals surface area contributed by atoms with E-state index in [1.165, 1.54) is 12.1 Å². The molecule has 6 nitrogen and oxygen atoms in total. The monoisotopic (exact) mass is 472 g/mol. The third-order valence-corrected chi connectivity index (χ3v) is 6.10. The quantitative estimate of drug-likeness (QED) is 0.429. The summed E-state index contributed by atoms with van der Waals surface area (Å²) < 4.78 is 39.8. The Morgan fingerprint density at radius 1 is 0.971 bits per heavy atom. The van der Waals surface area contributed by atoms with E-state index < -0.39 is 15.4 Å². The standard InChI is InChI=1S/C26H21FN4O2S/c1-34(32,33)31-25-9-3-8-24(30-25)16-26(22-7-4-14-29-18-22,20-10-12-23(27)13-11-20)21-6-2-5-19(15-21)17-28/h2-15,18H,16H2,1H3,(H,30,31). The molecule has 1 N–H and O–H groups in total. The van der Waals surface area contributed by atoms with Gasteiger partial charge in [0, 0.05) is 24.5 Å². The van der Waals surface area contributed by atoms with Gasteiger partial charge in [-0.05, 0) is 59.2 Å². The number of sulfonamides is 1. The van der Waals surface area contributed by atoms with Crippen molar-refractivity contribution >= 4 is 15.8 Å². The first kappa shape index (κ1) is 23.1. The second kappa shape index (κ2) is 9.41. The minimum Gasteiger partial charge on any atom is -0.268 e. The number of nitrogens with one attached hydrogen (secondary N) is 1. The predicted molar refractivity (Wildman–Crippen MR) is 128 cm³/mol. The van der Waals surface area contributed by atoms with Crippen molar-refractivity contribution in [3.05, 3.63) is 125 Å². The molecule has 0 radical (unpaired) electrons. The molecule has 4 aromatic rings. The zero-order valence-electron chi connectivity index (χ0n) is 18.3. The van der Waals surface area contributed by atoms with Crippen LogP contribution in [0, 0.1) is 17.1 Å². The van der Waals surface area contributed by atoms with Crippen molar-refractivity contribution < 1.29 is 12.8 Å². The highest BCUT2D eigenvalue weighted by Crippen LogP contribution is 2.42. The minimum absolute atomic E-state index is 0.199. The van der Waals surface area contributed by atoms with Crippen molar-refractivity contribution in [3.63, 3.8) is 0 Å². The molecule has 8 heteroatoms. The molecule has 0 bridgehead atoms. The molecule has 0 saturated heterocycles. The lowest BCUT2D eigenvalue weighted by Gasteiger charge is -2.36. The Kier molecular flexibility index (Phi) is 6.39. The van der Waals surface area contributed by atoms with Gasteiger partial charge in [0.05, 0.1) is 23.3 Å². The molecule has 0 spiro atoms. The van der Waals surface area contributed by atoms with Gasteiger partial charge in [0.1, 0.15) is 11.6 Å². The summed E-state index contributed by atoms with van der Waals surface area (Å²) in [4.78, 5) is 8.85. The topological polar surface area (TPSA) is 95.7 Å². The van der Waals surface area contributed by atoms with Crippen LogP contribution in [0.1, 0.15) is 27.9 Å². The van der Waals surface area contributed by atoms with Gasteiger partial charge in [-0.2, -0.15) is 5.26 Å². The first-order chi connectivity index (χ1) is 16.3. The van der Waals surface area contributed by atoms with Crippen LogP contribution in [0.2, 0.25) is 0 Å². The largest absolute Gasteiger partial charge is 0.268 e. The van der Waals surface area contributed by atoms with E-state index in [9.17, 15) is 18.1 Å². The number of halogens is 1. The molecule has 1 atom stereocenters. The van der Waals surface area contributed by atoms with Crippen LogP contribution in [0.3, 0.4) is 0 Å². The van der Waals surface area contributed by atoms with Crippen molar-refractivity contribution in [3.8, 4) is 6.07 Å². The van der Waals surface area contributed by atoms with Gasteiger partial charge in [-0.25, -0.2) is 17.8 Å². The third-order valence-electron chi connectivity index (χ3n) is 5.52. The van der Waals surface area contributed by atoms with E-state index in [-0.39, 0.29) is 11.6 Å². The second-order valence-electron chi connectivity index (χ2n) is 7.91. The lowest BCUT2D eigenvalue weighted by molar-refractivity contribution is 0.592. The van der Waals surface area contributed by atoms with Crippen LogP contribution in [0.15, 0.2) is 91.3 Å². The second-order valence-corrected chi connectivity index (χ2v) is 9.66. The number of hydrogen-bond donors (Lipinski definition) is 1. The highest BCUT2D eigenvalue weighted by molar-refractivity contribution is 7.92. The molecule has 170 valence electrons. The summed E-state index contributed by atoms with van der Waals surface area (Å²) in [5.41, 5.74) is 2.60. The molecule has 0 aliphatic carbocycles. The van der Waals surface area contributed by atoms with Gasteiger partial charge >= 0.3 is 0 Å². The number of nitriles is 1. The Labute approximate surface area is 197 Å². The maximum Gasteiger partial charge on any atom is 0.230 e. The smallest absolute Gasteiger partial charge is 0.230 e. The van der Waals surface area contributed by atoms with E-state index in [1.807, 2.05) is 18.2 Å². The lowest BCUT2D eigenvalue weighted by atomic mass is 9.67. The zero-order valence-corrected chi connectivity index (χ0v) is 19.1. The number of benzene rings is 2. The molecule has 2 aromatic carbocycles. The van der Waals surface area contributed by atoms with Gasteiger partial charge in [0.15, 0.2) is 0 Å². The summed E-state index contributed by atoms with van der Waals surface area (Å²) >= 11 is 0. The van der Waals surface area contributed by atoms with Crippen LogP contribution in [-0.4, -0.2) is 24.6 Å². The molecule has 2 aromatic heterocycles. The van der Waals surface area contributed by atoms with E-state index in [0.717, 1.165) is 22.9 Å². The average molecular weight is 473 g/mol. The van der Waals surface area contributed by atoms with Gasteiger partial charge in [0.25, 0.3) is 0 Å². The van der Waals surface area contributed by atoms with E-state index in [1.54, 1.807) is 60.9 Å². The van der Waals surface area contributed by atoms with Crippen LogP contribution >= 0.6 is 0 Å². The number of rotatable bonds is 7. The van der Waals surface area contributed by atoms with Crippen molar-refractivity contribution in [1.29, 1.82) is 5.26 Å². The molecule has 0 aliphatic heterocycles. The fourth-order valence-corrected chi connectivity index (χ4v) is 4.60. The van der Waals surface area contributed by atoms with Crippen molar-refractivity contribution in [2.45, 2.75) is 11.8 Å². The fraction of sp³-hybridized carbons (Fsp3) is 0.115. The number of anilines is 1. The molecular weight excluding hydrogens is 451 g/mol. The van der Waals surface area contributed by atoms with Crippen LogP contribution in [0.5, 0.6) is 0 Å². The number of hydrogen-bond acceptors (Lipinski definition) is 5. The SMILES string of the molecule is CS(=O)(=O)Nc1cccc(CC(c2ccc(F)cc2)(c2cccnc2)c2cccc(C#N)c2)n1. The average Bonchev–Trinajstić information content (AvgIpc) is 2.83. The van der Waals surface area contributed by atoms with E-state index in [0.29, 0.717) is 17.7 Å². The molecule has 0 fully saturated rings. The van der Waals surface area contributed by atoms with Gasteiger partial charge in [0.2, 0.25) is 10.0 Å². The summed E-state index contributed by atoms with van der Waals surface area (Å²) in [7, 11) is -3.51. The van der Waals surface area contributed by atoms with Gasteiger partial charge in [-0.15, -0.1) is 0 Å². The molecule has 1 unspecified atom stereocenters. The van der Waals surface area contributed by atoms with Crippen molar-refractivity contribution in [2.75, 3.05) is 11.0 Å². The van der Waals surface area contributed by atoms with Gasteiger partial charge in [-0.3, -0.25) is 9.71 Å². The maximum absolute atomic E-state index is 13.9. The lowest BCUT2D eigenvalue weighted by Crippen LogP contribution is -2.33. The maximum atomic E-state index is 13.9.